The van der Waals surface area contributed by atoms with Crippen molar-refractivity contribution < 1.29 is 0 Å². The summed E-state index contributed by atoms with van der Waals surface area (Å²) in [5.41, 5.74) is 7.94. The molecule has 138 valence electrons. The second-order valence-electron chi connectivity index (χ2n) is 6.92. The molecule has 0 bridgehead atoms. The Morgan fingerprint density at radius 3 is 1.07 bits per heavy atom. The van der Waals surface area contributed by atoms with E-state index in [1.165, 1.54) is 33.4 Å². The fraction of sp³-hybridized carbons (Fsp3) is 0.286. The Bertz CT molecular complexity index is 857. The van der Waals surface area contributed by atoms with Crippen molar-refractivity contribution in [1.29, 1.82) is 0 Å². The maximum Gasteiger partial charge on any atom is 0.0664 e. The molecule has 6 heteroatoms. The predicted molar refractivity (Wildman–Crippen MR) is 105 cm³/mol. The first-order valence-corrected chi connectivity index (χ1v) is 9.16. The Hall–Kier alpha value is -3.15. The van der Waals surface area contributed by atoms with Crippen molar-refractivity contribution in [2.45, 2.75) is 40.4 Å². The molecule has 1 aromatic carbocycles. The van der Waals surface area contributed by atoms with Gasteiger partial charge in [-0.15, -0.1) is 0 Å². The summed E-state index contributed by atoms with van der Waals surface area (Å²) in [5, 5.41) is 13.2. The molecule has 0 aliphatic carbocycles. The average molecular weight is 360 g/mol. The van der Waals surface area contributed by atoms with Crippen molar-refractivity contribution in [3.63, 3.8) is 0 Å². The topological polar surface area (TPSA) is 53.5 Å². The quantitative estimate of drug-likeness (QED) is 0.530. The zero-order valence-electron chi connectivity index (χ0n) is 16.0. The first kappa shape index (κ1) is 17.3. The van der Waals surface area contributed by atoms with Crippen LogP contribution < -0.4 is 0 Å². The van der Waals surface area contributed by atoms with E-state index in [0.29, 0.717) is 0 Å². The minimum absolute atomic E-state index is 0.767. The zero-order chi connectivity index (χ0) is 18.8. The first-order chi connectivity index (χ1) is 13.1. The number of nitrogens with zero attached hydrogens (tertiary/aromatic N) is 6. The Balaban J connectivity index is 1.83. The summed E-state index contributed by atoms with van der Waals surface area (Å²) in [6.07, 6.45) is 11.5. The molecule has 4 aromatic rings. The SMILES string of the molecule is Cc1c(Cn2cccn2)c(C)c(Cn2cccn2)c(C)c1Cn1cccn1. The van der Waals surface area contributed by atoms with E-state index < -0.39 is 0 Å². The molecular formula is C21H24N6. The lowest BCUT2D eigenvalue weighted by Gasteiger charge is -2.23. The van der Waals surface area contributed by atoms with Gasteiger partial charge in [0, 0.05) is 37.2 Å². The van der Waals surface area contributed by atoms with Gasteiger partial charge >= 0.3 is 0 Å². The van der Waals surface area contributed by atoms with E-state index in [9.17, 15) is 0 Å². The zero-order valence-corrected chi connectivity index (χ0v) is 16.0. The van der Waals surface area contributed by atoms with Gasteiger partial charge in [0.05, 0.1) is 19.6 Å². The third-order valence-electron chi connectivity index (χ3n) is 5.35. The average Bonchev–Trinajstić information content (AvgIpc) is 3.43. The lowest BCUT2D eigenvalue weighted by molar-refractivity contribution is 0.647. The molecule has 3 heterocycles. The lowest BCUT2D eigenvalue weighted by atomic mass is 9.88. The van der Waals surface area contributed by atoms with Gasteiger partial charge in [-0.1, -0.05) is 0 Å². The van der Waals surface area contributed by atoms with Crippen LogP contribution in [-0.2, 0) is 19.6 Å². The number of aromatic nitrogens is 6. The Kier molecular flexibility index (Phi) is 4.62. The highest BCUT2D eigenvalue weighted by atomic mass is 15.3. The van der Waals surface area contributed by atoms with E-state index in [0.717, 1.165) is 19.6 Å². The molecule has 0 atom stereocenters. The molecule has 0 aliphatic heterocycles. The fourth-order valence-corrected chi connectivity index (χ4v) is 3.77. The van der Waals surface area contributed by atoms with Gasteiger partial charge in [-0.2, -0.15) is 15.3 Å². The van der Waals surface area contributed by atoms with Gasteiger partial charge in [0.15, 0.2) is 0 Å². The molecule has 3 aromatic heterocycles. The van der Waals surface area contributed by atoms with Crippen molar-refractivity contribution in [1.82, 2.24) is 29.3 Å². The predicted octanol–water partition coefficient (Wildman–Crippen LogP) is 3.35. The third-order valence-corrected chi connectivity index (χ3v) is 5.35. The van der Waals surface area contributed by atoms with Crippen molar-refractivity contribution in [2.75, 3.05) is 0 Å². The van der Waals surface area contributed by atoms with Gasteiger partial charge < -0.3 is 0 Å². The van der Waals surface area contributed by atoms with Crippen LogP contribution in [0, 0.1) is 20.8 Å². The van der Waals surface area contributed by atoms with E-state index in [1.807, 2.05) is 69.4 Å². The number of hydrogen-bond acceptors (Lipinski definition) is 3. The summed E-state index contributed by atoms with van der Waals surface area (Å²) in [5.74, 6) is 0. The van der Waals surface area contributed by atoms with E-state index in [2.05, 4.69) is 36.1 Å². The van der Waals surface area contributed by atoms with Crippen LogP contribution in [0.3, 0.4) is 0 Å². The molecule has 4 rings (SSSR count). The van der Waals surface area contributed by atoms with Crippen LogP contribution in [0.5, 0.6) is 0 Å². The maximum atomic E-state index is 4.41. The smallest absolute Gasteiger partial charge is 0.0664 e. The molecular weight excluding hydrogens is 336 g/mol. The molecule has 0 unspecified atom stereocenters. The minimum atomic E-state index is 0.767. The van der Waals surface area contributed by atoms with Gasteiger partial charge in [0.25, 0.3) is 0 Å². The van der Waals surface area contributed by atoms with Gasteiger partial charge in [-0.05, 0) is 72.4 Å². The van der Waals surface area contributed by atoms with Crippen LogP contribution in [-0.4, -0.2) is 29.3 Å². The third kappa shape index (κ3) is 3.43. The molecule has 0 radical (unpaired) electrons. The Morgan fingerprint density at radius 1 is 0.556 bits per heavy atom. The molecule has 0 N–H and O–H groups in total. The fourth-order valence-electron chi connectivity index (χ4n) is 3.77. The number of rotatable bonds is 6. The highest BCUT2D eigenvalue weighted by Gasteiger charge is 2.18. The van der Waals surface area contributed by atoms with Crippen LogP contribution in [0.25, 0.3) is 0 Å². The van der Waals surface area contributed by atoms with Crippen molar-refractivity contribution >= 4 is 0 Å². The summed E-state index contributed by atoms with van der Waals surface area (Å²) in [4.78, 5) is 0. The molecule has 0 saturated carbocycles. The molecule has 27 heavy (non-hydrogen) atoms. The van der Waals surface area contributed by atoms with E-state index in [1.54, 1.807) is 0 Å². The normalized spacial score (nSPS) is 11.2. The highest BCUT2D eigenvalue weighted by Crippen LogP contribution is 2.29. The standard InChI is InChI=1S/C21H24N6/c1-16-19(13-25-10-4-7-22-25)17(2)21(15-27-12-6-9-24-27)18(3)20(16)14-26-11-5-8-23-26/h4-12H,13-15H2,1-3H3. The van der Waals surface area contributed by atoms with Crippen molar-refractivity contribution in [2.24, 2.45) is 0 Å². The molecule has 0 spiro atoms. The second kappa shape index (κ2) is 7.23. The summed E-state index contributed by atoms with van der Waals surface area (Å²) >= 11 is 0. The van der Waals surface area contributed by atoms with E-state index in [-0.39, 0.29) is 0 Å². The van der Waals surface area contributed by atoms with Crippen molar-refractivity contribution in [3.8, 4) is 0 Å². The van der Waals surface area contributed by atoms with Gasteiger partial charge in [-0.3, -0.25) is 14.0 Å². The monoisotopic (exact) mass is 360 g/mol. The molecule has 0 fully saturated rings. The van der Waals surface area contributed by atoms with Gasteiger partial charge in [0.1, 0.15) is 0 Å². The van der Waals surface area contributed by atoms with Crippen LogP contribution in [0.15, 0.2) is 55.4 Å². The lowest BCUT2D eigenvalue weighted by Crippen LogP contribution is -2.15. The summed E-state index contributed by atoms with van der Waals surface area (Å²) < 4.78 is 5.96. The Labute approximate surface area is 159 Å². The van der Waals surface area contributed by atoms with E-state index >= 15 is 0 Å². The molecule has 0 amide bonds. The number of benzene rings is 1. The largest absolute Gasteiger partial charge is 0.268 e. The highest BCUT2D eigenvalue weighted by molar-refractivity contribution is 5.51. The van der Waals surface area contributed by atoms with Crippen LogP contribution in [0.1, 0.15) is 33.4 Å². The van der Waals surface area contributed by atoms with Crippen molar-refractivity contribution in [3.05, 3.63) is 88.8 Å². The van der Waals surface area contributed by atoms with E-state index in [4.69, 9.17) is 0 Å². The first-order valence-electron chi connectivity index (χ1n) is 9.16. The van der Waals surface area contributed by atoms with Crippen LogP contribution in [0.4, 0.5) is 0 Å². The Morgan fingerprint density at radius 2 is 0.852 bits per heavy atom. The number of hydrogen-bond donors (Lipinski definition) is 0. The van der Waals surface area contributed by atoms with Gasteiger partial charge in [0.2, 0.25) is 0 Å². The molecule has 6 nitrogen and oxygen atoms in total. The summed E-state index contributed by atoms with van der Waals surface area (Å²) in [6, 6.07) is 5.90. The second-order valence-corrected chi connectivity index (χ2v) is 6.92. The van der Waals surface area contributed by atoms with Crippen LogP contribution >= 0.6 is 0 Å². The van der Waals surface area contributed by atoms with Gasteiger partial charge in [-0.25, -0.2) is 0 Å². The van der Waals surface area contributed by atoms with Crippen LogP contribution in [0.2, 0.25) is 0 Å². The molecule has 0 aliphatic rings. The summed E-state index contributed by atoms with van der Waals surface area (Å²) in [7, 11) is 0. The maximum absolute atomic E-state index is 4.41. The molecule has 0 saturated heterocycles. The minimum Gasteiger partial charge on any atom is -0.268 e. The summed E-state index contributed by atoms with van der Waals surface area (Å²) in [6.45, 7) is 8.95.